The molecule has 1 saturated heterocycles. The predicted molar refractivity (Wildman–Crippen MR) is 75.6 cm³/mol. The minimum absolute atomic E-state index is 0.242. The average molecular weight is 272 g/mol. The van der Waals surface area contributed by atoms with Gasteiger partial charge in [0.2, 0.25) is 0 Å². The lowest BCUT2D eigenvalue weighted by Gasteiger charge is -2.30. The van der Waals surface area contributed by atoms with Crippen LogP contribution >= 0.6 is 23.4 Å². The first-order valence-electron chi connectivity index (χ1n) is 5.92. The van der Waals surface area contributed by atoms with Gasteiger partial charge in [-0.1, -0.05) is 18.0 Å². The maximum atomic E-state index is 6.00. The first-order chi connectivity index (χ1) is 8.22. The molecule has 0 aromatic carbocycles. The third-order valence-corrected chi connectivity index (χ3v) is 4.82. The van der Waals surface area contributed by atoms with E-state index in [2.05, 4.69) is 10.3 Å². The molecule has 0 aliphatic carbocycles. The number of rotatable bonds is 3. The molecule has 3 nitrogen and oxygen atoms in total. The van der Waals surface area contributed by atoms with E-state index in [9.17, 15) is 0 Å². The molecular formula is C12H18ClN3S. The number of nitrogens with two attached hydrogens (primary N) is 1. The van der Waals surface area contributed by atoms with Gasteiger partial charge >= 0.3 is 0 Å². The quantitative estimate of drug-likeness (QED) is 0.888. The Hall–Kier alpha value is -0.450. The van der Waals surface area contributed by atoms with E-state index in [1.54, 1.807) is 6.20 Å². The van der Waals surface area contributed by atoms with Crippen LogP contribution in [0.4, 0.5) is 5.82 Å². The van der Waals surface area contributed by atoms with Gasteiger partial charge in [0.25, 0.3) is 0 Å². The third-order valence-electron chi connectivity index (χ3n) is 3.15. The van der Waals surface area contributed by atoms with Crippen LogP contribution in [0, 0.1) is 0 Å². The molecule has 17 heavy (non-hydrogen) atoms. The van der Waals surface area contributed by atoms with E-state index >= 15 is 0 Å². The van der Waals surface area contributed by atoms with Crippen molar-refractivity contribution in [3.63, 3.8) is 0 Å². The van der Waals surface area contributed by atoms with Crippen molar-refractivity contribution in [3.8, 4) is 0 Å². The second kappa shape index (κ2) is 5.94. The Morgan fingerprint density at radius 1 is 1.59 bits per heavy atom. The van der Waals surface area contributed by atoms with Crippen LogP contribution in [-0.4, -0.2) is 23.0 Å². The number of pyridine rings is 1. The Morgan fingerprint density at radius 3 is 3.06 bits per heavy atom. The highest BCUT2D eigenvalue weighted by molar-refractivity contribution is 8.00. The largest absolute Gasteiger partial charge is 0.383 e. The second-order valence-corrected chi connectivity index (χ2v) is 6.08. The van der Waals surface area contributed by atoms with E-state index in [1.165, 1.54) is 25.0 Å². The van der Waals surface area contributed by atoms with Crippen LogP contribution in [0.25, 0.3) is 0 Å². The Labute approximate surface area is 112 Å². The standard InChI is InChI=1S/C12H18ClN3S/c1-15-11(10-4-2-3-5-17-10)9-6-8(13)7-16-12(9)14/h6-7,10-11,15H,2-5H2,1H3,(H2,14,16). The molecule has 2 atom stereocenters. The van der Waals surface area contributed by atoms with Crippen molar-refractivity contribution in [1.29, 1.82) is 0 Å². The number of nitrogen functional groups attached to an aromatic ring is 1. The summed E-state index contributed by atoms with van der Waals surface area (Å²) < 4.78 is 0. The number of hydrogen-bond donors (Lipinski definition) is 2. The summed E-state index contributed by atoms with van der Waals surface area (Å²) in [5, 5.41) is 4.57. The molecule has 5 heteroatoms. The van der Waals surface area contributed by atoms with Crippen molar-refractivity contribution in [2.24, 2.45) is 0 Å². The summed E-state index contributed by atoms with van der Waals surface area (Å²) in [7, 11) is 1.97. The smallest absolute Gasteiger partial charge is 0.128 e. The van der Waals surface area contributed by atoms with Gasteiger partial charge in [-0.15, -0.1) is 0 Å². The minimum atomic E-state index is 0.242. The van der Waals surface area contributed by atoms with Gasteiger partial charge in [-0.3, -0.25) is 0 Å². The molecule has 1 aromatic heterocycles. The van der Waals surface area contributed by atoms with Gasteiger partial charge in [-0.2, -0.15) is 11.8 Å². The van der Waals surface area contributed by atoms with Crippen molar-refractivity contribution < 1.29 is 0 Å². The molecule has 0 radical (unpaired) electrons. The zero-order chi connectivity index (χ0) is 12.3. The van der Waals surface area contributed by atoms with E-state index < -0.39 is 0 Å². The summed E-state index contributed by atoms with van der Waals surface area (Å²) in [5.74, 6) is 1.82. The van der Waals surface area contributed by atoms with E-state index in [4.69, 9.17) is 17.3 Å². The molecule has 0 saturated carbocycles. The zero-order valence-electron chi connectivity index (χ0n) is 9.95. The van der Waals surface area contributed by atoms with Crippen LogP contribution in [0.3, 0.4) is 0 Å². The lowest BCUT2D eigenvalue weighted by molar-refractivity contribution is 0.516. The van der Waals surface area contributed by atoms with Crippen LogP contribution in [0.5, 0.6) is 0 Å². The molecule has 0 amide bonds. The first-order valence-corrected chi connectivity index (χ1v) is 7.35. The van der Waals surface area contributed by atoms with Crippen LogP contribution < -0.4 is 11.1 Å². The third kappa shape index (κ3) is 3.06. The summed E-state index contributed by atoms with van der Waals surface area (Å²) in [6.07, 6.45) is 5.44. The SMILES string of the molecule is CNC(c1cc(Cl)cnc1N)C1CCCCS1. The molecule has 0 bridgehead atoms. The van der Waals surface area contributed by atoms with Crippen molar-refractivity contribution in [2.75, 3.05) is 18.5 Å². The number of halogens is 1. The normalized spacial score (nSPS) is 22.4. The molecule has 2 unspecified atom stereocenters. The predicted octanol–water partition coefficient (Wildman–Crippen LogP) is 2.86. The molecule has 2 rings (SSSR count). The van der Waals surface area contributed by atoms with E-state index in [0.29, 0.717) is 16.1 Å². The second-order valence-electron chi connectivity index (χ2n) is 4.30. The van der Waals surface area contributed by atoms with Gasteiger partial charge in [-0.25, -0.2) is 4.98 Å². The monoisotopic (exact) mass is 271 g/mol. The highest BCUT2D eigenvalue weighted by atomic mass is 35.5. The number of nitrogens with one attached hydrogen (secondary N) is 1. The molecular weight excluding hydrogens is 254 g/mol. The van der Waals surface area contributed by atoms with Crippen LogP contribution in [0.2, 0.25) is 5.02 Å². The van der Waals surface area contributed by atoms with Gasteiger partial charge < -0.3 is 11.1 Å². The average Bonchev–Trinajstić information content (AvgIpc) is 2.36. The Bertz CT molecular complexity index is 380. The van der Waals surface area contributed by atoms with Crippen molar-refractivity contribution in [2.45, 2.75) is 30.6 Å². The number of aromatic nitrogens is 1. The van der Waals surface area contributed by atoms with Gasteiger partial charge in [0.05, 0.1) is 5.02 Å². The molecule has 2 heterocycles. The van der Waals surface area contributed by atoms with Gasteiger partial charge in [0, 0.05) is 23.1 Å². The molecule has 0 spiro atoms. The van der Waals surface area contributed by atoms with E-state index in [1.807, 2.05) is 24.9 Å². The van der Waals surface area contributed by atoms with E-state index in [0.717, 1.165) is 5.56 Å². The number of hydrogen-bond acceptors (Lipinski definition) is 4. The highest BCUT2D eigenvalue weighted by Crippen LogP contribution is 2.36. The summed E-state index contributed by atoms with van der Waals surface area (Å²) >= 11 is 8.02. The fourth-order valence-corrected chi connectivity index (χ4v) is 3.93. The number of anilines is 1. The molecule has 1 aliphatic heterocycles. The maximum absolute atomic E-state index is 6.00. The van der Waals surface area contributed by atoms with E-state index in [-0.39, 0.29) is 6.04 Å². The topological polar surface area (TPSA) is 50.9 Å². The van der Waals surface area contributed by atoms with Crippen LogP contribution in [0.1, 0.15) is 30.9 Å². The fourth-order valence-electron chi connectivity index (χ4n) is 2.28. The summed E-state index contributed by atoms with van der Waals surface area (Å²) in [4.78, 5) is 4.14. The van der Waals surface area contributed by atoms with Crippen LogP contribution in [-0.2, 0) is 0 Å². The first kappa shape index (κ1) is 13.0. The Balaban J connectivity index is 2.24. The zero-order valence-corrected chi connectivity index (χ0v) is 11.5. The Kier molecular flexibility index (Phi) is 4.54. The Morgan fingerprint density at radius 2 is 2.41 bits per heavy atom. The molecule has 3 N–H and O–H groups in total. The summed E-state index contributed by atoms with van der Waals surface area (Å²) in [5.41, 5.74) is 6.98. The fraction of sp³-hybridized carbons (Fsp3) is 0.583. The minimum Gasteiger partial charge on any atom is -0.383 e. The van der Waals surface area contributed by atoms with Gasteiger partial charge in [-0.05, 0) is 31.7 Å². The van der Waals surface area contributed by atoms with Crippen molar-refractivity contribution in [3.05, 3.63) is 22.8 Å². The molecule has 1 aromatic rings. The summed E-state index contributed by atoms with van der Waals surface area (Å²) in [6, 6.07) is 2.17. The summed E-state index contributed by atoms with van der Waals surface area (Å²) in [6.45, 7) is 0. The highest BCUT2D eigenvalue weighted by Gasteiger charge is 2.26. The van der Waals surface area contributed by atoms with Crippen molar-refractivity contribution >= 4 is 29.2 Å². The van der Waals surface area contributed by atoms with Crippen molar-refractivity contribution in [1.82, 2.24) is 10.3 Å². The van der Waals surface area contributed by atoms with Gasteiger partial charge in [0.1, 0.15) is 5.82 Å². The molecule has 1 fully saturated rings. The number of nitrogens with zero attached hydrogens (tertiary/aromatic N) is 1. The van der Waals surface area contributed by atoms with Crippen LogP contribution in [0.15, 0.2) is 12.3 Å². The molecule has 1 aliphatic rings. The van der Waals surface area contributed by atoms with Gasteiger partial charge in [0.15, 0.2) is 0 Å². The lowest BCUT2D eigenvalue weighted by Crippen LogP contribution is -2.30. The maximum Gasteiger partial charge on any atom is 0.128 e. The molecule has 94 valence electrons. The number of thioether (sulfide) groups is 1. The lowest BCUT2D eigenvalue weighted by atomic mass is 10.00.